The summed E-state index contributed by atoms with van der Waals surface area (Å²) < 4.78 is 40.8. The summed E-state index contributed by atoms with van der Waals surface area (Å²) in [5.41, 5.74) is 2.55. The number of anilines is 1. The highest BCUT2D eigenvalue weighted by Gasteiger charge is 2.20. The van der Waals surface area contributed by atoms with Gasteiger partial charge in [0, 0.05) is 5.69 Å². The Labute approximate surface area is 137 Å². The minimum absolute atomic E-state index is 0.0748. The van der Waals surface area contributed by atoms with Gasteiger partial charge < -0.3 is 0 Å². The molecule has 2 N–H and O–H groups in total. The van der Waals surface area contributed by atoms with E-state index in [1.807, 2.05) is 13.8 Å². The van der Waals surface area contributed by atoms with Crippen LogP contribution in [0.4, 0.5) is 10.1 Å². The largest absolute Gasteiger partial charge is 0.282 e. The first-order chi connectivity index (χ1) is 10.9. The average molecular weight is 351 g/mol. The number of nitrogens with one attached hydrogen (secondary N) is 2. The van der Waals surface area contributed by atoms with Crippen molar-refractivity contribution >= 4 is 27.0 Å². The molecule has 0 saturated carbocycles. The Balaban J connectivity index is 1.93. The molecule has 0 fully saturated rings. The number of sulfonamides is 1. The fourth-order valence-corrected chi connectivity index (χ4v) is 4.48. The maximum atomic E-state index is 13.6. The molecule has 2 heterocycles. The molecule has 1 aromatic carbocycles. The fraction of sp³-hybridized carbons (Fsp3) is 0.133. The van der Waals surface area contributed by atoms with Crippen LogP contribution < -0.4 is 4.72 Å². The lowest BCUT2D eigenvalue weighted by Gasteiger charge is -2.06. The van der Waals surface area contributed by atoms with Crippen LogP contribution in [-0.2, 0) is 10.0 Å². The number of nitrogens with zero attached hydrogens (tertiary/aromatic N) is 1. The molecule has 0 amide bonds. The highest BCUT2D eigenvalue weighted by molar-refractivity contribution is 7.94. The monoisotopic (exact) mass is 351 g/mol. The number of H-pyrrole nitrogens is 1. The second-order valence-electron chi connectivity index (χ2n) is 5.03. The van der Waals surface area contributed by atoms with Gasteiger partial charge in [0.25, 0.3) is 10.0 Å². The molecule has 8 heteroatoms. The van der Waals surface area contributed by atoms with Crippen LogP contribution >= 0.6 is 11.3 Å². The molecule has 0 radical (unpaired) electrons. The summed E-state index contributed by atoms with van der Waals surface area (Å²) in [6.45, 7) is 3.82. The van der Waals surface area contributed by atoms with Gasteiger partial charge in [0.05, 0.1) is 10.6 Å². The van der Waals surface area contributed by atoms with Crippen molar-refractivity contribution in [1.82, 2.24) is 10.2 Å². The summed E-state index contributed by atoms with van der Waals surface area (Å²) in [7, 11) is -3.84. The average Bonchev–Trinajstić information content (AvgIpc) is 3.10. The summed E-state index contributed by atoms with van der Waals surface area (Å²) in [4.78, 5) is 0.737. The predicted octanol–water partition coefficient (Wildman–Crippen LogP) is 3.69. The van der Waals surface area contributed by atoms with E-state index in [9.17, 15) is 12.8 Å². The molecule has 23 heavy (non-hydrogen) atoms. The van der Waals surface area contributed by atoms with Gasteiger partial charge in [0.2, 0.25) is 0 Å². The van der Waals surface area contributed by atoms with Gasteiger partial charge >= 0.3 is 0 Å². The molecule has 5 nitrogen and oxygen atoms in total. The lowest BCUT2D eigenvalue weighted by atomic mass is 10.2. The molecule has 2 aromatic heterocycles. The van der Waals surface area contributed by atoms with Crippen LogP contribution in [0.3, 0.4) is 0 Å². The molecule has 0 unspecified atom stereocenters. The van der Waals surface area contributed by atoms with Crippen LogP contribution in [0.25, 0.3) is 10.6 Å². The first-order valence-electron chi connectivity index (χ1n) is 6.77. The number of para-hydroxylation sites is 1. The molecule has 0 spiro atoms. The normalized spacial score (nSPS) is 11.6. The quantitative estimate of drug-likeness (QED) is 0.753. The number of aromatic amines is 1. The van der Waals surface area contributed by atoms with Crippen LogP contribution in [0.1, 0.15) is 11.3 Å². The van der Waals surface area contributed by atoms with Crippen molar-refractivity contribution in [3.05, 3.63) is 53.5 Å². The number of thiophene rings is 1. The van der Waals surface area contributed by atoms with Crippen LogP contribution in [0.15, 0.2) is 40.6 Å². The number of hydrogen-bond acceptors (Lipinski definition) is 4. The van der Waals surface area contributed by atoms with Crippen LogP contribution in [0, 0.1) is 19.7 Å². The molecular formula is C15H14FN3O2S2. The smallest absolute Gasteiger partial charge is 0.271 e. The van der Waals surface area contributed by atoms with Crippen molar-refractivity contribution in [2.24, 2.45) is 0 Å². The maximum absolute atomic E-state index is 13.6. The van der Waals surface area contributed by atoms with E-state index < -0.39 is 15.8 Å². The third kappa shape index (κ3) is 2.99. The van der Waals surface area contributed by atoms with Crippen molar-refractivity contribution in [3.63, 3.8) is 0 Å². The molecule has 120 valence electrons. The molecule has 3 aromatic rings. The SMILES string of the molecule is Cc1[nH]nc(-c2ccc(S(=O)(=O)Nc3ccccc3F)s2)c1C. The zero-order valence-electron chi connectivity index (χ0n) is 12.4. The second kappa shape index (κ2) is 5.78. The van der Waals surface area contributed by atoms with E-state index in [0.717, 1.165) is 33.2 Å². The zero-order valence-corrected chi connectivity index (χ0v) is 14.1. The molecule has 0 aliphatic carbocycles. The molecule has 0 atom stereocenters. The zero-order chi connectivity index (χ0) is 16.6. The van der Waals surface area contributed by atoms with Crippen LogP contribution in [0.2, 0.25) is 0 Å². The first kappa shape index (κ1) is 15.7. The Morgan fingerprint density at radius 2 is 1.91 bits per heavy atom. The van der Waals surface area contributed by atoms with Gasteiger partial charge in [-0.2, -0.15) is 5.10 Å². The van der Waals surface area contributed by atoms with Gasteiger partial charge in [0.15, 0.2) is 0 Å². The summed E-state index contributed by atoms with van der Waals surface area (Å²) in [6.07, 6.45) is 0. The standard InChI is InChI=1S/C15H14FN3O2S2/c1-9-10(2)17-18-15(9)13-7-8-14(22-13)23(20,21)19-12-6-4-3-5-11(12)16/h3-8,19H,1-2H3,(H,17,18). The van der Waals surface area contributed by atoms with E-state index in [-0.39, 0.29) is 9.90 Å². The maximum Gasteiger partial charge on any atom is 0.271 e. The number of aryl methyl sites for hydroxylation is 1. The molecule has 0 saturated heterocycles. The summed E-state index contributed by atoms with van der Waals surface area (Å²) in [5.74, 6) is -0.619. The number of benzene rings is 1. The molecule has 0 aliphatic heterocycles. The van der Waals surface area contributed by atoms with Gasteiger partial charge in [-0.05, 0) is 43.7 Å². The van der Waals surface area contributed by atoms with Crippen molar-refractivity contribution in [1.29, 1.82) is 0 Å². The molecule has 3 rings (SSSR count). The Bertz CT molecular complexity index is 961. The Hall–Kier alpha value is -2.19. The van der Waals surface area contributed by atoms with Gasteiger partial charge in [-0.1, -0.05) is 12.1 Å². The van der Waals surface area contributed by atoms with Gasteiger partial charge in [-0.3, -0.25) is 9.82 Å². The van der Waals surface area contributed by atoms with Gasteiger partial charge in [0.1, 0.15) is 15.7 Å². The molecule has 0 aliphatic rings. The fourth-order valence-electron chi connectivity index (χ4n) is 2.06. The minimum atomic E-state index is -3.84. The van der Waals surface area contributed by atoms with E-state index >= 15 is 0 Å². The van der Waals surface area contributed by atoms with E-state index in [0.29, 0.717) is 0 Å². The van der Waals surface area contributed by atoms with Gasteiger partial charge in [-0.25, -0.2) is 12.8 Å². The van der Waals surface area contributed by atoms with E-state index in [4.69, 9.17) is 0 Å². The third-order valence-electron chi connectivity index (χ3n) is 3.45. The topological polar surface area (TPSA) is 74.8 Å². The molecular weight excluding hydrogens is 337 g/mol. The van der Waals surface area contributed by atoms with Crippen molar-refractivity contribution in [2.45, 2.75) is 18.1 Å². The van der Waals surface area contributed by atoms with Crippen LogP contribution in [0.5, 0.6) is 0 Å². The summed E-state index contributed by atoms with van der Waals surface area (Å²) in [6, 6.07) is 8.84. The Morgan fingerprint density at radius 1 is 1.17 bits per heavy atom. The first-order valence-corrected chi connectivity index (χ1v) is 9.07. The molecule has 0 bridgehead atoms. The van der Waals surface area contributed by atoms with E-state index in [1.54, 1.807) is 12.1 Å². The van der Waals surface area contributed by atoms with Crippen molar-refractivity contribution in [2.75, 3.05) is 4.72 Å². The Morgan fingerprint density at radius 3 is 2.57 bits per heavy atom. The predicted molar refractivity (Wildman–Crippen MR) is 88.6 cm³/mol. The van der Waals surface area contributed by atoms with Crippen LogP contribution in [-0.4, -0.2) is 18.6 Å². The number of hydrogen-bond donors (Lipinski definition) is 2. The summed E-state index contributed by atoms with van der Waals surface area (Å²) >= 11 is 1.09. The van der Waals surface area contributed by atoms with Gasteiger partial charge in [-0.15, -0.1) is 11.3 Å². The summed E-state index contributed by atoms with van der Waals surface area (Å²) in [5, 5.41) is 7.06. The number of halogens is 1. The highest BCUT2D eigenvalue weighted by Crippen LogP contribution is 2.33. The second-order valence-corrected chi connectivity index (χ2v) is 8.02. The third-order valence-corrected chi connectivity index (χ3v) is 6.40. The number of rotatable bonds is 4. The van der Waals surface area contributed by atoms with E-state index in [1.165, 1.54) is 24.3 Å². The highest BCUT2D eigenvalue weighted by atomic mass is 32.2. The lowest BCUT2D eigenvalue weighted by molar-refractivity contribution is 0.600. The number of aromatic nitrogens is 2. The minimum Gasteiger partial charge on any atom is -0.282 e. The Kier molecular flexibility index (Phi) is 3.95. The van der Waals surface area contributed by atoms with Crippen molar-refractivity contribution in [3.8, 4) is 10.6 Å². The van der Waals surface area contributed by atoms with Crippen molar-refractivity contribution < 1.29 is 12.8 Å². The van der Waals surface area contributed by atoms with E-state index in [2.05, 4.69) is 14.9 Å². The lowest BCUT2D eigenvalue weighted by Crippen LogP contribution is -2.12.